The van der Waals surface area contributed by atoms with Crippen LogP contribution in [0.5, 0.6) is 11.5 Å². The number of benzene rings is 1. The van der Waals surface area contributed by atoms with Gasteiger partial charge in [0, 0.05) is 19.0 Å². The molecular weight excluding hydrogens is 344 g/mol. The molecule has 6 nitrogen and oxygen atoms in total. The monoisotopic (exact) mass is 374 g/mol. The summed E-state index contributed by atoms with van der Waals surface area (Å²) in [6, 6.07) is 4.17. The van der Waals surface area contributed by atoms with Gasteiger partial charge in [0.05, 0.1) is 26.4 Å². The Bertz CT molecular complexity index is 692. The molecule has 1 spiro atoms. The molecule has 0 aliphatic carbocycles. The number of piperidine rings is 2. The third-order valence-corrected chi connectivity index (χ3v) is 6.42. The van der Waals surface area contributed by atoms with Gasteiger partial charge in [-0.25, -0.2) is 0 Å². The van der Waals surface area contributed by atoms with Crippen LogP contribution in [0, 0.1) is 5.92 Å². The minimum Gasteiger partial charge on any atom is -0.493 e. The maximum absolute atomic E-state index is 12.9. The molecule has 4 rings (SSSR count). The first kappa shape index (κ1) is 18.6. The molecule has 148 valence electrons. The van der Waals surface area contributed by atoms with Crippen molar-refractivity contribution in [2.45, 2.75) is 37.7 Å². The SMILES string of the molecule is COc1cc2c(cc1OC)C1(CCN(C(=O)C3CCNCC3)CC1)OCC2. The van der Waals surface area contributed by atoms with Gasteiger partial charge < -0.3 is 24.4 Å². The van der Waals surface area contributed by atoms with E-state index in [2.05, 4.69) is 22.3 Å². The van der Waals surface area contributed by atoms with Gasteiger partial charge in [-0.15, -0.1) is 0 Å². The number of ether oxygens (including phenoxy) is 3. The molecule has 2 fully saturated rings. The van der Waals surface area contributed by atoms with Gasteiger partial charge in [0.25, 0.3) is 0 Å². The van der Waals surface area contributed by atoms with Crippen molar-refractivity contribution in [1.82, 2.24) is 10.2 Å². The Labute approximate surface area is 161 Å². The van der Waals surface area contributed by atoms with E-state index in [0.29, 0.717) is 12.5 Å². The lowest BCUT2D eigenvalue weighted by Crippen LogP contribution is -2.50. The van der Waals surface area contributed by atoms with Crippen molar-refractivity contribution >= 4 is 5.91 Å². The second-order valence-corrected chi connectivity index (χ2v) is 7.81. The Morgan fingerprint density at radius 3 is 2.48 bits per heavy atom. The largest absolute Gasteiger partial charge is 0.493 e. The number of nitrogens with one attached hydrogen (secondary N) is 1. The molecule has 3 aliphatic rings. The van der Waals surface area contributed by atoms with Gasteiger partial charge in [0.15, 0.2) is 11.5 Å². The third kappa shape index (κ3) is 3.41. The molecule has 1 amide bonds. The summed E-state index contributed by atoms with van der Waals surface area (Å²) >= 11 is 0. The van der Waals surface area contributed by atoms with E-state index in [0.717, 1.165) is 69.8 Å². The van der Waals surface area contributed by atoms with Crippen LogP contribution in [0.25, 0.3) is 0 Å². The van der Waals surface area contributed by atoms with E-state index in [-0.39, 0.29) is 11.5 Å². The number of methoxy groups -OCH3 is 2. The predicted octanol–water partition coefficient (Wildman–Crippen LogP) is 2.09. The highest BCUT2D eigenvalue weighted by Crippen LogP contribution is 2.45. The lowest BCUT2D eigenvalue weighted by molar-refractivity contribution is -0.145. The first-order valence-electron chi connectivity index (χ1n) is 10.1. The van der Waals surface area contributed by atoms with Gasteiger partial charge in [-0.2, -0.15) is 0 Å². The van der Waals surface area contributed by atoms with Crippen LogP contribution in [0.1, 0.15) is 36.8 Å². The Morgan fingerprint density at radius 2 is 1.81 bits per heavy atom. The summed E-state index contributed by atoms with van der Waals surface area (Å²) in [5.74, 6) is 2.03. The van der Waals surface area contributed by atoms with Crippen molar-refractivity contribution in [2.75, 3.05) is 47.0 Å². The molecule has 0 aromatic heterocycles. The number of rotatable bonds is 3. The quantitative estimate of drug-likeness (QED) is 0.878. The van der Waals surface area contributed by atoms with E-state index in [1.54, 1.807) is 14.2 Å². The second-order valence-electron chi connectivity index (χ2n) is 7.81. The van der Waals surface area contributed by atoms with Crippen molar-refractivity contribution in [2.24, 2.45) is 5.92 Å². The second kappa shape index (κ2) is 7.68. The Hall–Kier alpha value is -1.79. The Kier molecular flexibility index (Phi) is 5.28. The fourth-order valence-electron chi connectivity index (χ4n) is 4.82. The van der Waals surface area contributed by atoms with Gasteiger partial charge in [0.1, 0.15) is 0 Å². The van der Waals surface area contributed by atoms with Crippen LogP contribution < -0.4 is 14.8 Å². The Balaban J connectivity index is 1.52. The number of carbonyl (C=O) groups excluding carboxylic acids is 1. The van der Waals surface area contributed by atoms with E-state index in [9.17, 15) is 4.79 Å². The highest BCUT2D eigenvalue weighted by atomic mass is 16.5. The summed E-state index contributed by atoms with van der Waals surface area (Å²) in [7, 11) is 3.34. The number of nitrogens with zero attached hydrogens (tertiary/aromatic N) is 1. The number of likely N-dealkylation sites (tertiary alicyclic amines) is 1. The van der Waals surface area contributed by atoms with Gasteiger partial charge in [-0.05, 0) is 68.5 Å². The minimum absolute atomic E-state index is 0.184. The first-order valence-corrected chi connectivity index (χ1v) is 10.1. The fourth-order valence-corrected chi connectivity index (χ4v) is 4.82. The van der Waals surface area contributed by atoms with Crippen molar-refractivity contribution in [3.63, 3.8) is 0 Å². The van der Waals surface area contributed by atoms with Crippen LogP contribution >= 0.6 is 0 Å². The van der Waals surface area contributed by atoms with Gasteiger partial charge in [-0.3, -0.25) is 4.79 Å². The maximum Gasteiger partial charge on any atom is 0.225 e. The van der Waals surface area contributed by atoms with Crippen LogP contribution in [0.3, 0.4) is 0 Å². The van der Waals surface area contributed by atoms with Crippen molar-refractivity contribution in [3.8, 4) is 11.5 Å². The van der Waals surface area contributed by atoms with Crippen LogP contribution in [-0.4, -0.2) is 57.8 Å². The van der Waals surface area contributed by atoms with E-state index in [1.807, 2.05) is 0 Å². The molecule has 0 bridgehead atoms. The molecular formula is C21H30N2O4. The highest BCUT2D eigenvalue weighted by Gasteiger charge is 2.43. The molecule has 3 heterocycles. The van der Waals surface area contributed by atoms with Crippen molar-refractivity contribution < 1.29 is 19.0 Å². The number of hydrogen-bond donors (Lipinski definition) is 1. The van der Waals surface area contributed by atoms with Crippen LogP contribution in [0.2, 0.25) is 0 Å². The normalized spacial score (nSPS) is 22.4. The van der Waals surface area contributed by atoms with Crippen molar-refractivity contribution in [3.05, 3.63) is 23.3 Å². The lowest BCUT2D eigenvalue weighted by Gasteiger charge is -2.46. The molecule has 3 aliphatic heterocycles. The zero-order chi connectivity index (χ0) is 18.9. The third-order valence-electron chi connectivity index (χ3n) is 6.42. The summed E-state index contributed by atoms with van der Waals surface area (Å²) in [6.07, 6.45) is 4.47. The fraction of sp³-hybridized carbons (Fsp3) is 0.667. The van der Waals surface area contributed by atoms with E-state index in [4.69, 9.17) is 14.2 Å². The maximum atomic E-state index is 12.9. The van der Waals surface area contributed by atoms with Crippen molar-refractivity contribution in [1.29, 1.82) is 0 Å². The zero-order valence-corrected chi connectivity index (χ0v) is 16.4. The molecule has 1 aromatic rings. The van der Waals surface area contributed by atoms with Gasteiger partial charge in [-0.1, -0.05) is 0 Å². The van der Waals surface area contributed by atoms with Gasteiger partial charge in [0.2, 0.25) is 5.91 Å². The molecule has 0 atom stereocenters. The number of hydrogen-bond acceptors (Lipinski definition) is 5. The molecule has 27 heavy (non-hydrogen) atoms. The van der Waals surface area contributed by atoms with E-state index >= 15 is 0 Å². The molecule has 1 aromatic carbocycles. The predicted molar refractivity (Wildman–Crippen MR) is 102 cm³/mol. The van der Waals surface area contributed by atoms with E-state index in [1.165, 1.54) is 11.1 Å². The molecule has 0 unspecified atom stereocenters. The zero-order valence-electron chi connectivity index (χ0n) is 16.4. The average Bonchev–Trinajstić information content (AvgIpc) is 2.74. The molecule has 0 saturated carbocycles. The Morgan fingerprint density at radius 1 is 1.15 bits per heavy atom. The topological polar surface area (TPSA) is 60.0 Å². The number of fused-ring (bicyclic) bond motifs is 2. The summed E-state index contributed by atoms with van der Waals surface area (Å²) in [4.78, 5) is 14.9. The van der Waals surface area contributed by atoms with Crippen LogP contribution in [0.15, 0.2) is 12.1 Å². The summed E-state index contributed by atoms with van der Waals surface area (Å²) in [5, 5.41) is 3.34. The summed E-state index contributed by atoms with van der Waals surface area (Å²) < 4.78 is 17.3. The smallest absolute Gasteiger partial charge is 0.225 e. The van der Waals surface area contributed by atoms with Crippen LogP contribution in [0.4, 0.5) is 0 Å². The molecule has 6 heteroatoms. The number of amides is 1. The molecule has 1 N–H and O–H groups in total. The summed E-state index contributed by atoms with van der Waals surface area (Å²) in [6.45, 7) is 4.14. The van der Waals surface area contributed by atoms with E-state index < -0.39 is 0 Å². The first-order chi connectivity index (χ1) is 13.2. The minimum atomic E-state index is -0.308. The van der Waals surface area contributed by atoms with Crippen LogP contribution in [-0.2, 0) is 21.6 Å². The lowest BCUT2D eigenvalue weighted by atomic mass is 9.78. The highest BCUT2D eigenvalue weighted by molar-refractivity contribution is 5.79. The molecule has 0 radical (unpaired) electrons. The standard InChI is InChI=1S/C21H30N2O4/c1-25-18-13-16-5-12-27-21(17(16)14-19(18)26-2)6-10-23(11-7-21)20(24)15-3-8-22-9-4-15/h13-15,22H,3-12H2,1-2H3. The molecule has 2 saturated heterocycles. The average molecular weight is 374 g/mol. The van der Waals surface area contributed by atoms with Gasteiger partial charge >= 0.3 is 0 Å². The summed E-state index contributed by atoms with van der Waals surface area (Å²) in [5.41, 5.74) is 2.18. The number of carbonyl (C=O) groups is 1.